The van der Waals surface area contributed by atoms with Crippen LogP contribution in [0.5, 0.6) is 5.75 Å². The van der Waals surface area contributed by atoms with Gasteiger partial charge in [-0.3, -0.25) is 9.69 Å². The Balaban J connectivity index is 1.52. The number of piperidine rings is 1. The summed E-state index contributed by atoms with van der Waals surface area (Å²) in [6.45, 7) is 2.03. The number of rotatable bonds is 4. The number of carbonyl (C=O) groups is 1. The molecule has 138 valence electrons. The predicted molar refractivity (Wildman–Crippen MR) is 97.9 cm³/mol. The number of phenolic OH excluding ortho intramolecular Hbond substituents is 1. The van der Waals surface area contributed by atoms with Crippen molar-refractivity contribution in [3.63, 3.8) is 0 Å². The maximum atomic E-state index is 13.3. The Bertz CT molecular complexity index is 808. The molecule has 2 aromatic rings. The molecule has 2 N–H and O–H groups in total. The minimum absolute atomic E-state index is 0.0158. The van der Waals surface area contributed by atoms with Gasteiger partial charge in [0.15, 0.2) is 11.6 Å². The highest BCUT2D eigenvalue weighted by Crippen LogP contribution is 2.22. The second-order valence-corrected chi connectivity index (χ2v) is 7.35. The SMILES string of the molecule is O=C(NC1CCN(Cc2ccc(F)c(F)c2)CC1)c1cc(Br)ccc1O. The Morgan fingerprint density at radius 2 is 1.88 bits per heavy atom. The van der Waals surface area contributed by atoms with Crippen LogP contribution in [0.4, 0.5) is 8.78 Å². The van der Waals surface area contributed by atoms with Gasteiger partial charge in [-0.15, -0.1) is 0 Å². The number of likely N-dealkylation sites (tertiary alicyclic amines) is 1. The number of nitrogens with zero attached hydrogens (tertiary/aromatic N) is 1. The lowest BCUT2D eigenvalue weighted by Crippen LogP contribution is -2.44. The Labute approximate surface area is 159 Å². The summed E-state index contributed by atoms with van der Waals surface area (Å²) in [5.41, 5.74) is 0.967. The molecule has 0 spiro atoms. The second kappa shape index (κ2) is 8.14. The number of hydrogen-bond donors (Lipinski definition) is 2. The molecule has 1 aliphatic heterocycles. The summed E-state index contributed by atoms with van der Waals surface area (Å²) >= 11 is 3.29. The first-order chi connectivity index (χ1) is 12.4. The molecule has 4 nitrogen and oxygen atoms in total. The van der Waals surface area contributed by atoms with Crippen LogP contribution in [0.3, 0.4) is 0 Å². The van der Waals surface area contributed by atoms with Crippen LogP contribution in [0, 0.1) is 11.6 Å². The van der Waals surface area contributed by atoms with Gasteiger partial charge in [0.1, 0.15) is 5.75 Å². The van der Waals surface area contributed by atoms with Gasteiger partial charge in [-0.1, -0.05) is 22.0 Å². The van der Waals surface area contributed by atoms with Crippen molar-refractivity contribution in [2.45, 2.75) is 25.4 Å². The number of nitrogens with one attached hydrogen (secondary N) is 1. The lowest BCUT2D eigenvalue weighted by Gasteiger charge is -2.32. The molecule has 0 aromatic heterocycles. The van der Waals surface area contributed by atoms with Gasteiger partial charge in [-0.05, 0) is 48.7 Å². The summed E-state index contributed by atoms with van der Waals surface area (Å²) in [6.07, 6.45) is 1.51. The minimum Gasteiger partial charge on any atom is -0.507 e. The Morgan fingerprint density at radius 3 is 2.58 bits per heavy atom. The van der Waals surface area contributed by atoms with Gasteiger partial charge in [0, 0.05) is 30.1 Å². The van der Waals surface area contributed by atoms with Gasteiger partial charge in [0.2, 0.25) is 0 Å². The molecule has 0 bridgehead atoms. The van der Waals surface area contributed by atoms with Gasteiger partial charge in [0.05, 0.1) is 5.56 Å². The monoisotopic (exact) mass is 424 g/mol. The molecule has 2 aromatic carbocycles. The topological polar surface area (TPSA) is 52.6 Å². The number of halogens is 3. The maximum absolute atomic E-state index is 13.3. The highest BCUT2D eigenvalue weighted by Gasteiger charge is 2.22. The van der Waals surface area contributed by atoms with Crippen LogP contribution < -0.4 is 5.32 Å². The molecule has 1 fully saturated rings. The number of benzene rings is 2. The summed E-state index contributed by atoms with van der Waals surface area (Å²) in [4.78, 5) is 14.5. The predicted octanol–water partition coefficient (Wildman–Crippen LogP) is 3.83. The van der Waals surface area contributed by atoms with Crippen molar-refractivity contribution in [1.82, 2.24) is 10.2 Å². The quantitative estimate of drug-likeness (QED) is 0.783. The summed E-state index contributed by atoms with van der Waals surface area (Å²) in [7, 11) is 0. The van der Waals surface area contributed by atoms with Crippen molar-refractivity contribution in [1.29, 1.82) is 0 Å². The second-order valence-electron chi connectivity index (χ2n) is 6.43. The Morgan fingerprint density at radius 1 is 1.15 bits per heavy atom. The molecule has 0 atom stereocenters. The number of phenols is 1. The zero-order chi connectivity index (χ0) is 18.7. The van der Waals surface area contributed by atoms with Crippen molar-refractivity contribution in [3.8, 4) is 5.75 Å². The fourth-order valence-corrected chi connectivity index (χ4v) is 3.45. The van der Waals surface area contributed by atoms with Gasteiger partial charge in [-0.2, -0.15) is 0 Å². The van der Waals surface area contributed by atoms with Crippen molar-refractivity contribution in [2.24, 2.45) is 0 Å². The summed E-state index contributed by atoms with van der Waals surface area (Å²) < 4.78 is 27.0. The van der Waals surface area contributed by atoms with E-state index in [4.69, 9.17) is 0 Å². The highest BCUT2D eigenvalue weighted by atomic mass is 79.9. The first kappa shape index (κ1) is 18.8. The molecule has 3 rings (SSSR count). The Hall–Kier alpha value is -1.99. The molecule has 1 saturated heterocycles. The van der Waals surface area contributed by atoms with Crippen LogP contribution in [0.15, 0.2) is 40.9 Å². The fraction of sp³-hybridized carbons (Fsp3) is 0.316. The molecule has 0 unspecified atom stereocenters. The van der Waals surface area contributed by atoms with Gasteiger partial charge in [-0.25, -0.2) is 8.78 Å². The molecule has 1 amide bonds. The number of amides is 1. The van der Waals surface area contributed by atoms with Gasteiger partial charge in [0.25, 0.3) is 5.91 Å². The Kier molecular flexibility index (Phi) is 5.88. The first-order valence-corrected chi connectivity index (χ1v) is 9.17. The third-order valence-corrected chi connectivity index (χ3v) is 5.01. The normalized spacial score (nSPS) is 15.8. The highest BCUT2D eigenvalue weighted by molar-refractivity contribution is 9.10. The van der Waals surface area contributed by atoms with E-state index < -0.39 is 11.6 Å². The minimum atomic E-state index is -0.842. The molecule has 7 heteroatoms. The molecule has 26 heavy (non-hydrogen) atoms. The van der Waals surface area contributed by atoms with E-state index >= 15 is 0 Å². The van der Waals surface area contributed by atoms with E-state index in [1.54, 1.807) is 18.2 Å². The van der Waals surface area contributed by atoms with Gasteiger partial charge < -0.3 is 10.4 Å². The van der Waals surface area contributed by atoms with E-state index in [0.717, 1.165) is 42.0 Å². The smallest absolute Gasteiger partial charge is 0.255 e. The average Bonchev–Trinajstić information content (AvgIpc) is 2.62. The van der Waals surface area contributed by atoms with Crippen LogP contribution in [-0.2, 0) is 6.54 Å². The molecule has 0 aliphatic carbocycles. The molecular formula is C19H19BrF2N2O2. The zero-order valence-corrected chi connectivity index (χ0v) is 15.6. The molecule has 1 heterocycles. The van der Waals surface area contributed by atoms with Crippen LogP contribution in [-0.4, -0.2) is 35.0 Å². The van der Waals surface area contributed by atoms with Crippen molar-refractivity contribution < 1.29 is 18.7 Å². The van der Waals surface area contributed by atoms with Crippen molar-refractivity contribution in [2.75, 3.05) is 13.1 Å². The molecular weight excluding hydrogens is 406 g/mol. The molecule has 0 radical (unpaired) electrons. The van der Waals surface area contributed by atoms with E-state index in [1.807, 2.05) is 0 Å². The third kappa shape index (κ3) is 4.59. The number of aromatic hydroxyl groups is 1. The number of carbonyl (C=O) groups excluding carboxylic acids is 1. The van der Waals surface area contributed by atoms with Crippen molar-refractivity contribution in [3.05, 3.63) is 63.6 Å². The van der Waals surface area contributed by atoms with Crippen LogP contribution >= 0.6 is 15.9 Å². The van der Waals surface area contributed by atoms with E-state index in [0.29, 0.717) is 6.54 Å². The maximum Gasteiger partial charge on any atom is 0.255 e. The standard InChI is InChI=1S/C19H19BrF2N2O2/c20-13-2-4-18(25)15(10-13)19(26)23-14-5-7-24(8-6-14)11-12-1-3-16(21)17(22)9-12/h1-4,9-10,14,25H,5-8,11H2,(H,23,26). The van der Waals surface area contributed by atoms with E-state index in [1.165, 1.54) is 12.1 Å². The molecule has 0 saturated carbocycles. The van der Waals surface area contributed by atoms with E-state index in [2.05, 4.69) is 26.1 Å². The lowest BCUT2D eigenvalue weighted by atomic mass is 10.0. The fourth-order valence-electron chi connectivity index (χ4n) is 3.08. The van der Waals surface area contributed by atoms with Gasteiger partial charge >= 0.3 is 0 Å². The largest absolute Gasteiger partial charge is 0.507 e. The summed E-state index contributed by atoms with van der Waals surface area (Å²) in [5, 5.41) is 12.8. The third-order valence-electron chi connectivity index (χ3n) is 4.52. The van der Waals surface area contributed by atoms with Crippen molar-refractivity contribution >= 4 is 21.8 Å². The van der Waals surface area contributed by atoms with Crippen LogP contribution in [0.25, 0.3) is 0 Å². The lowest BCUT2D eigenvalue weighted by molar-refractivity contribution is 0.0906. The van der Waals surface area contributed by atoms with E-state index in [-0.39, 0.29) is 23.3 Å². The first-order valence-electron chi connectivity index (χ1n) is 8.38. The van der Waals surface area contributed by atoms with Crippen LogP contribution in [0.1, 0.15) is 28.8 Å². The summed E-state index contributed by atoms with van der Waals surface area (Å²) in [6, 6.07) is 8.70. The summed E-state index contributed by atoms with van der Waals surface area (Å²) in [5.74, 6) is -2.03. The molecule has 1 aliphatic rings. The average molecular weight is 425 g/mol. The van der Waals surface area contributed by atoms with E-state index in [9.17, 15) is 18.7 Å². The number of hydrogen-bond acceptors (Lipinski definition) is 3. The zero-order valence-electron chi connectivity index (χ0n) is 14.0. The van der Waals surface area contributed by atoms with Crippen LogP contribution in [0.2, 0.25) is 0 Å².